The van der Waals surface area contributed by atoms with Crippen LogP contribution in [0.15, 0.2) is 12.5 Å². The van der Waals surface area contributed by atoms with E-state index in [1.165, 1.54) is 0 Å². The van der Waals surface area contributed by atoms with Gasteiger partial charge in [0.05, 0.1) is 6.33 Å². The molecule has 17 heavy (non-hydrogen) atoms. The quantitative estimate of drug-likeness (QED) is 0.789. The number of aromatic nitrogens is 2. The molecule has 0 aromatic carbocycles. The second-order valence-corrected chi connectivity index (χ2v) is 4.77. The van der Waals surface area contributed by atoms with Crippen LogP contribution in [0.5, 0.6) is 0 Å². The highest BCUT2D eigenvalue weighted by Gasteiger charge is 2.30. The highest BCUT2D eigenvalue weighted by molar-refractivity contribution is 5.74. The van der Waals surface area contributed by atoms with Gasteiger partial charge in [-0.1, -0.05) is 0 Å². The SMILES string of the molecule is CC(C)N(C(C)C)C(Cc1cnc[nH]1)C(=O)O. The summed E-state index contributed by atoms with van der Waals surface area (Å²) < 4.78 is 0. The van der Waals surface area contributed by atoms with Crippen LogP contribution in [0, 0.1) is 0 Å². The van der Waals surface area contributed by atoms with Crippen LogP contribution in [0.4, 0.5) is 0 Å². The predicted molar refractivity (Wildman–Crippen MR) is 65.8 cm³/mol. The van der Waals surface area contributed by atoms with Crippen molar-refractivity contribution in [1.82, 2.24) is 14.9 Å². The number of carbonyl (C=O) groups is 1. The molecule has 1 aromatic heterocycles. The van der Waals surface area contributed by atoms with Gasteiger partial charge in [-0.05, 0) is 27.7 Å². The molecule has 96 valence electrons. The molecule has 1 atom stereocenters. The third-order valence-electron chi connectivity index (χ3n) is 2.81. The lowest BCUT2D eigenvalue weighted by Crippen LogP contribution is -2.50. The molecule has 0 fully saturated rings. The van der Waals surface area contributed by atoms with Crippen LogP contribution < -0.4 is 0 Å². The number of H-pyrrole nitrogens is 1. The molecule has 0 spiro atoms. The first-order chi connectivity index (χ1) is 7.93. The van der Waals surface area contributed by atoms with E-state index < -0.39 is 12.0 Å². The van der Waals surface area contributed by atoms with Gasteiger partial charge in [0.25, 0.3) is 0 Å². The summed E-state index contributed by atoms with van der Waals surface area (Å²) in [6.07, 6.45) is 3.70. The van der Waals surface area contributed by atoms with Crippen LogP contribution >= 0.6 is 0 Å². The minimum Gasteiger partial charge on any atom is -0.480 e. The summed E-state index contributed by atoms with van der Waals surface area (Å²) in [5.41, 5.74) is 0.851. The molecular weight excluding hydrogens is 218 g/mol. The Bertz CT molecular complexity index is 339. The fraction of sp³-hybridized carbons (Fsp3) is 0.667. The van der Waals surface area contributed by atoms with Crippen LogP contribution in [-0.4, -0.2) is 44.1 Å². The van der Waals surface area contributed by atoms with E-state index in [2.05, 4.69) is 9.97 Å². The Labute approximate surface area is 102 Å². The molecule has 5 nitrogen and oxygen atoms in total. The van der Waals surface area contributed by atoms with E-state index in [1.54, 1.807) is 12.5 Å². The molecule has 2 N–H and O–H groups in total. The number of carboxylic acids is 1. The van der Waals surface area contributed by atoms with Crippen LogP contribution in [0.25, 0.3) is 0 Å². The Morgan fingerprint density at radius 3 is 2.35 bits per heavy atom. The zero-order chi connectivity index (χ0) is 13.0. The normalized spacial score (nSPS) is 13.6. The number of imidazole rings is 1. The van der Waals surface area contributed by atoms with Gasteiger partial charge in [-0.25, -0.2) is 4.98 Å². The van der Waals surface area contributed by atoms with Crippen LogP contribution in [0.2, 0.25) is 0 Å². The van der Waals surface area contributed by atoms with Gasteiger partial charge < -0.3 is 10.1 Å². The van der Waals surface area contributed by atoms with E-state index in [0.29, 0.717) is 6.42 Å². The highest BCUT2D eigenvalue weighted by Crippen LogP contribution is 2.14. The molecule has 1 aromatic rings. The second-order valence-electron chi connectivity index (χ2n) is 4.77. The van der Waals surface area contributed by atoms with Crippen molar-refractivity contribution in [2.24, 2.45) is 0 Å². The molecular formula is C12H21N3O2. The van der Waals surface area contributed by atoms with Crippen molar-refractivity contribution in [2.45, 2.75) is 52.2 Å². The van der Waals surface area contributed by atoms with E-state index in [4.69, 9.17) is 0 Å². The summed E-state index contributed by atoms with van der Waals surface area (Å²) in [6.45, 7) is 8.07. The number of hydrogen-bond donors (Lipinski definition) is 2. The van der Waals surface area contributed by atoms with Gasteiger partial charge in [-0.2, -0.15) is 0 Å². The predicted octanol–water partition coefficient (Wildman–Crippen LogP) is 1.52. The zero-order valence-electron chi connectivity index (χ0n) is 10.8. The smallest absolute Gasteiger partial charge is 0.321 e. The lowest BCUT2D eigenvalue weighted by atomic mass is 10.1. The van der Waals surface area contributed by atoms with Gasteiger partial charge in [-0.15, -0.1) is 0 Å². The summed E-state index contributed by atoms with van der Waals surface area (Å²) in [5.74, 6) is -0.790. The number of hydrogen-bond acceptors (Lipinski definition) is 3. The summed E-state index contributed by atoms with van der Waals surface area (Å²) >= 11 is 0. The minimum atomic E-state index is -0.790. The average Bonchev–Trinajstić information content (AvgIpc) is 2.67. The van der Waals surface area contributed by atoms with E-state index in [-0.39, 0.29) is 12.1 Å². The van der Waals surface area contributed by atoms with Crippen molar-refractivity contribution in [3.8, 4) is 0 Å². The van der Waals surface area contributed by atoms with E-state index in [1.807, 2.05) is 32.6 Å². The van der Waals surface area contributed by atoms with Crippen molar-refractivity contribution in [3.05, 3.63) is 18.2 Å². The maximum absolute atomic E-state index is 11.4. The van der Waals surface area contributed by atoms with Gasteiger partial charge in [0, 0.05) is 30.4 Å². The van der Waals surface area contributed by atoms with Crippen LogP contribution in [0.3, 0.4) is 0 Å². The maximum atomic E-state index is 11.4. The molecule has 0 aliphatic carbocycles. The van der Waals surface area contributed by atoms with E-state index in [9.17, 15) is 9.90 Å². The molecule has 1 heterocycles. The minimum absolute atomic E-state index is 0.194. The summed E-state index contributed by atoms with van der Waals surface area (Å²) in [7, 11) is 0. The molecule has 0 amide bonds. The number of nitrogens with one attached hydrogen (secondary N) is 1. The first kappa shape index (κ1) is 13.7. The Morgan fingerprint density at radius 1 is 1.41 bits per heavy atom. The number of aromatic amines is 1. The van der Waals surface area contributed by atoms with Gasteiger partial charge >= 0.3 is 5.97 Å². The van der Waals surface area contributed by atoms with Crippen molar-refractivity contribution < 1.29 is 9.90 Å². The maximum Gasteiger partial charge on any atom is 0.321 e. The molecule has 0 aliphatic rings. The number of nitrogens with zero attached hydrogens (tertiary/aromatic N) is 2. The summed E-state index contributed by atoms with van der Waals surface area (Å²) in [4.78, 5) is 20.3. The van der Waals surface area contributed by atoms with Crippen molar-refractivity contribution in [2.75, 3.05) is 0 Å². The van der Waals surface area contributed by atoms with Crippen molar-refractivity contribution in [1.29, 1.82) is 0 Å². The van der Waals surface area contributed by atoms with E-state index >= 15 is 0 Å². The van der Waals surface area contributed by atoms with Crippen LogP contribution in [0.1, 0.15) is 33.4 Å². The fourth-order valence-corrected chi connectivity index (χ4v) is 2.24. The largest absolute Gasteiger partial charge is 0.480 e. The first-order valence-corrected chi connectivity index (χ1v) is 5.91. The van der Waals surface area contributed by atoms with E-state index in [0.717, 1.165) is 5.69 Å². The van der Waals surface area contributed by atoms with Crippen molar-refractivity contribution in [3.63, 3.8) is 0 Å². The molecule has 0 saturated carbocycles. The zero-order valence-corrected chi connectivity index (χ0v) is 10.8. The van der Waals surface area contributed by atoms with Gasteiger partial charge in [0.1, 0.15) is 6.04 Å². The third-order valence-corrected chi connectivity index (χ3v) is 2.81. The Morgan fingerprint density at radius 2 is 2.00 bits per heavy atom. The molecule has 0 aliphatic heterocycles. The summed E-state index contributed by atoms with van der Waals surface area (Å²) in [6, 6.07) is -0.131. The lowest BCUT2D eigenvalue weighted by Gasteiger charge is -2.35. The van der Waals surface area contributed by atoms with Crippen LogP contribution in [-0.2, 0) is 11.2 Å². The van der Waals surface area contributed by atoms with Crippen molar-refractivity contribution >= 4 is 5.97 Å². The molecule has 0 radical (unpaired) electrons. The monoisotopic (exact) mass is 239 g/mol. The van der Waals surface area contributed by atoms with Gasteiger partial charge in [0.15, 0.2) is 0 Å². The average molecular weight is 239 g/mol. The Hall–Kier alpha value is -1.36. The van der Waals surface area contributed by atoms with Gasteiger partial charge in [-0.3, -0.25) is 9.69 Å². The number of rotatable bonds is 6. The number of carboxylic acid groups (broad SMARTS) is 1. The molecule has 1 unspecified atom stereocenters. The second kappa shape index (κ2) is 5.82. The Kier molecular flexibility index (Phi) is 4.69. The third kappa shape index (κ3) is 3.56. The molecule has 0 bridgehead atoms. The molecule has 1 rings (SSSR count). The standard InChI is InChI=1S/C12H21N3O2/c1-8(2)15(9(3)4)11(12(16)17)5-10-6-13-7-14-10/h6-9,11H,5H2,1-4H3,(H,13,14)(H,16,17). The summed E-state index contributed by atoms with van der Waals surface area (Å²) in [5, 5.41) is 9.36. The molecule has 0 saturated heterocycles. The molecule has 5 heteroatoms. The first-order valence-electron chi connectivity index (χ1n) is 5.91. The highest BCUT2D eigenvalue weighted by atomic mass is 16.4. The lowest BCUT2D eigenvalue weighted by molar-refractivity contribution is -0.145. The topological polar surface area (TPSA) is 69.2 Å². The van der Waals surface area contributed by atoms with Gasteiger partial charge in [0.2, 0.25) is 0 Å². The number of aliphatic carboxylic acids is 1. The Balaban J connectivity index is 2.87. The fourth-order valence-electron chi connectivity index (χ4n) is 2.24.